The van der Waals surface area contributed by atoms with E-state index < -0.39 is 29.2 Å². The van der Waals surface area contributed by atoms with Crippen LogP contribution >= 0.6 is 39.3 Å². The van der Waals surface area contributed by atoms with E-state index in [0.717, 1.165) is 0 Å². The third-order valence-electron chi connectivity index (χ3n) is 4.88. The Morgan fingerprint density at radius 3 is 2.88 bits per heavy atom. The van der Waals surface area contributed by atoms with Crippen molar-refractivity contribution in [2.75, 3.05) is 5.75 Å². The molecule has 0 spiro atoms. The Bertz CT molecular complexity index is 1160. The van der Waals surface area contributed by atoms with Gasteiger partial charge in [-0.15, -0.1) is 11.8 Å². The number of nitrogens with zero attached hydrogens (tertiary/aromatic N) is 1. The van der Waals surface area contributed by atoms with Crippen LogP contribution in [0.5, 0.6) is 5.75 Å². The number of β-lactam (4-membered cyclic amide) rings is 1. The van der Waals surface area contributed by atoms with Crippen molar-refractivity contribution in [1.82, 2.24) is 10.2 Å². The topological polar surface area (TPSA) is 109 Å². The highest BCUT2D eigenvalue weighted by molar-refractivity contribution is 9.10. The zero-order chi connectivity index (χ0) is 23.0. The number of nitrogens with one attached hydrogen (secondary N) is 1. The molecule has 1 saturated heterocycles. The standard InChI is InChI=1S/C21H16BrClN2O6S/c1-2-10-9-32-20-16(19(27)25(20)17(10)21(28)29)24-18(26)15-6-4-12(31-15)8-30-14-5-3-11(23)7-13(14)22/h2-7,16,20H,1,8-9H2,(H,24,26)(H,28,29)/t16-,20-/m1/s1. The second-order valence-corrected chi connectivity index (χ2v) is 9.27. The average Bonchev–Trinajstić information content (AvgIpc) is 3.24. The number of ether oxygens (including phenoxy) is 1. The number of halogens is 2. The number of rotatable bonds is 7. The molecule has 2 aromatic rings. The van der Waals surface area contributed by atoms with Gasteiger partial charge in [-0.05, 0) is 51.8 Å². The predicted molar refractivity (Wildman–Crippen MR) is 121 cm³/mol. The minimum absolute atomic E-state index is 0.0200. The SMILES string of the molecule is C=CC1=C(C(=O)O)N2C(=O)[C@@H](NC(=O)c3ccc(COc4ccc(Cl)cc4Br)o3)[C@H]2SC1. The van der Waals surface area contributed by atoms with Gasteiger partial charge in [0.2, 0.25) is 0 Å². The summed E-state index contributed by atoms with van der Waals surface area (Å²) in [6.45, 7) is 3.69. The third-order valence-corrected chi connectivity index (χ3v) is 7.04. The molecule has 2 aliphatic rings. The number of hydrogen-bond acceptors (Lipinski definition) is 6. The van der Waals surface area contributed by atoms with Crippen LogP contribution in [-0.4, -0.2) is 45.0 Å². The summed E-state index contributed by atoms with van der Waals surface area (Å²) in [5.41, 5.74) is 0.380. The van der Waals surface area contributed by atoms with Crippen LogP contribution < -0.4 is 10.1 Å². The number of aliphatic carboxylic acids is 1. The predicted octanol–water partition coefficient (Wildman–Crippen LogP) is 3.81. The van der Waals surface area contributed by atoms with E-state index in [2.05, 4.69) is 27.8 Å². The van der Waals surface area contributed by atoms with Crippen LogP contribution in [0.2, 0.25) is 5.02 Å². The Hall–Kier alpha value is -2.69. The first kappa shape index (κ1) is 22.5. The summed E-state index contributed by atoms with van der Waals surface area (Å²) >= 11 is 10.6. The molecule has 1 fully saturated rings. The van der Waals surface area contributed by atoms with Gasteiger partial charge in [-0.3, -0.25) is 14.5 Å². The fraction of sp³-hybridized carbons (Fsp3) is 0.190. The Morgan fingerprint density at radius 2 is 2.19 bits per heavy atom. The Balaban J connectivity index is 1.39. The number of carboxylic acids is 1. The summed E-state index contributed by atoms with van der Waals surface area (Å²) in [7, 11) is 0. The number of furan rings is 1. The molecular weight excluding hydrogens is 524 g/mol. The molecule has 2 amide bonds. The monoisotopic (exact) mass is 538 g/mol. The Morgan fingerprint density at radius 1 is 1.41 bits per heavy atom. The van der Waals surface area contributed by atoms with E-state index in [9.17, 15) is 19.5 Å². The van der Waals surface area contributed by atoms with E-state index in [1.165, 1.54) is 28.8 Å². The summed E-state index contributed by atoms with van der Waals surface area (Å²) in [6, 6.07) is 7.33. The zero-order valence-electron chi connectivity index (χ0n) is 16.3. The Labute approximate surface area is 200 Å². The highest BCUT2D eigenvalue weighted by Crippen LogP contribution is 2.40. The number of carboxylic acid groups (broad SMARTS) is 1. The van der Waals surface area contributed by atoms with Crippen molar-refractivity contribution < 1.29 is 28.6 Å². The van der Waals surface area contributed by atoms with Gasteiger partial charge >= 0.3 is 5.97 Å². The molecule has 11 heteroatoms. The highest BCUT2D eigenvalue weighted by atomic mass is 79.9. The minimum Gasteiger partial charge on any atom is -0.484 e. The van der Waals surface area contributed by atoms with Crippen molar-refractivity contribution in [3.05, 3.63) is 75.3 Å². The normalized spacial score (nSPS) is 19.8. The van der Waals surface area contributed by atoms with Gasteiger partial charge in [-0.1, -0.05) is 24.3 Å². The van der Waals surface area contributed by atoms with Gasteiger partial charge in [0.15, 0.2) is 5.76 Å². The van der Waals surface area contributed by atoms with Gasteiger partial charge in [0.25, 0.3) is 11.8 Å². The van der Waals surface area contributed by atoms with Crippen LogP contribution in [0, 0.1) is 0 Å². The van der Waals surface area contributed by atoms with E-state index in [1.807, 2.05) is 0 Å². The van der Waals surface area contributed by atoms with Gasteiger partial charge in [0, 0.05) is 10.8 Å². The summed E-state index contributed by atoms with van der Waals surface area (Å²) in [5, 5.41) is 12.2. The molecule has 166 valence electrons. The van der Waals surface area contributed by atoms with Crippen molar-refractivity contribution in [3.8, 4) is 5.75 Å². The summed E-state index contributed by atoms with van der Waals surface area (Å²) in [4.78, 5) is 37.9. The molecule has 0 saturated carbocycles. The van der Waals surface area contributed by atoms with E-state index >= 15 is 0 Å². The maximum atomic E-state index is 12.6. The van der Waals surface area contributed by atoms with Crippen molar-refractivity contribution >= 4 is 57.1 Å². The maximum absolute atomic E-state index is 12.6. The maximum Gasteiger partial charge on any atom is 0.352 e. The zero-order valence-corrected chi connectivity index (χ0v) is 19.5. The first-order valence-electron chi connectivity index (χ1n) is 9.31. The lowest BCUT2D eigenvalue weighted by Crippen LogP contribution is -2.70. The number of carbonyl (C=O) groups excluding carboxylic acids is 2. The largest absolute Gasteiger partial charge is 0.484 e. The average molecular weight is 540 g/mol. The first-order chi connectivity index (χ1) is 15.3. The number of amides is 2. The van der Waals surface area contributed by atoms with Crippen LogP contribution in [0.1, 0.15) is 16.3 Å². The van der Waals surface area contributed by atoms with E-state index in [1.54, 1.807) is 24.3 Å². The molecule has 2 atom stereocenters. The molecule has 0 radical (unpaired) electrons. The van der Waals surface area contributed by atoms with Gasteiger partial charge in [0.1, 0.15) is 35.2 Å². The van der Waals surface area contributed by atoms with E-state index in [4.69, 9.17) is 20.8 Å². The number of thioether (sulfide) groups is 1. The van der Waals surface area contributed by atoms with Crippen LogP contribution in [0.15, 0.2) is 63.1 Å². The lowest BCUT2D eigenvalue weighted by Gasteiger charge is -2.49. The lowest BCUT2D eigenvalue weighted by molar-refractivity contribution is -0.148. The third kappa shape index (κ3) is 4.17. The van der Waals surface area contributed by atoms with E-state index in [0.29, 0.717) is 32.3 Å². The fourth-order valence-corrected chi connectivity index (χ4v) is 5.47. The van der Waals surface area contributed by atoms with Crippen molar-refractivity contribution in [3.63, 3.8) is 0 Å². The minimum atomic E-state index is -1.20. The van der Waals surface area contributed by atoms with E-state index in [-0.39, 0.29) is 18.1 Å². The summed E-state index contributed by atoms with van der Waals surface area (Å²) in [5.74, 6) is -0.885. The molecule has 32 heavy (non-hydrogen) atoms. The summed E-state index contributed by atoms with van der Waals surface area (Å²) in [6.07, 6.45) is 1.43. The molecule has 0 aliphatic carbocycles. The molecule has 1 aromatic carbocycles. The first-order valence-corrected chi connectivity index (χ1v) is 11.5. The number of fused-ring (bicyclic) bond motifs is 1. The fourth-order valence-electron chi connectivity index (χ4n) is 3.33. The Kier molecular flexibility index (Phi) is 6.36. The van der Waals surface area contributed by atoms with Gasteiger partial charge in [-0.25, -0.2) is 4.79 Å². The van der Waals surface area contributed by atoms with Crippen molar-refractivity contribution in [2.45, 2.75) is 18.0 Å². The van der Waals surface area contributed by atoms with Gasteiger partial charge < -0.3 is 19.6 Å². The van der Waals surface area contributed by atoms with Crippen molar-refractivity contribution in [2.24, 2.45) is 0 Å². The summed E-state index contributed by atoms with van der Waals surface area (Å²) < 4.78 is 11.9. The molecule has 0 unspecified atom stereocenters. The molecule has 2 N–H and O–H groups in total. The molecular formula is C21H16BrClN2O6S. The quantitative estimate of drug-likeness (QED) is 0.515. The second kappa shape index (κ2) is 9.05. The van der Waals surface area contributed by atoms with Crippen LogP contribution in [-0.2, 0) is 16.2 Å². The molecule has 4 rings (SSSR count). The second-order valence-electron chi connectivity index (χ2n) is 6.87. The lowest BCUT2D eigenvalue weighted by atomic mass is 10.0. The number of allylic oxidation sites excluding steroid dienone is 1. The smallest absolute Gasteiger partial charge is 0.352 e. The van der Waals surface area contributed by atoms with Crippen LogP contribution in [0.25, 0.3) is 0 Å². The molecule has 0 bridgehead atoms. The number of carbonyl (C=O) groups is 3. The molecule has 2 aliphatic heterocycles. The van der Waals surface area contributed by atoms with Crippen molar-refractivity contribution in [1.29, 1.82) is 0 Å². The van der Waals surface area contributed by atoms with Gasteiger partial charge in [-0.2, -0.15) is 0 Å². The molecule has 1 aromatic heterocycles. The van der Waals surface area contributed by atoms with Crippen LogP contribution in [0.3, 0.4) is 0 Å². The number of benzene rings is 1. The molecule has 3 heterocycles. The molecule has 8 nitrogen and oxygen atoms in total. The van der Waals surface area contributed by atoms with Crippen LogP contribution in [0.4, 0.5) is 0 Å². The number of hydrogen-bond donors (Lipinski definition) is 2. The highest BCUT2D eigenvalue weighted by Gasteiger charge is 2.54. The van der Waals surface area contributed by atoms with Gasteiger partial charge in [0.05, 0.1) is 4.47 Å².